The summed E-state index contributed by atoms with van der Waals surface area (Å²) in [6.07, 6.45) is 0. The first-order valence-electron chi connectivity index (χ1n) is 6.29. The zero-order valence-corrected chi connectivity index (χ0v) is 12.8. The summed E-state index contributed by atoms with van der Waals surface area (Å²) in [4.78, 5) is 12.0. The Labute approximate surface area is 132 Å². The number of nitrogens with zero attached hydrogens (tertiary/aromatic N) is 2. The average Bonchev–Trinajstić information content (AvgIpc) is 2.48. The number of hydrogen-bond acceptors (Lipinski definition) is 4. The van der Waals surface area contributed by atoms with E-state index in [2.05, 4.69) is 15.5 Å². The first kappa shape index (κ1) is 15.5. The molecule has 0 aliphatic carbocycles. The van der Waals surface area contributed by atoms with Gasteiger partial charge in [0.2, 0.25) is 0 Å². The Morgan fingerprint density at radius 2 is 2.10 bits per heavy atom. The van der Waals surface area contributed by atoms with Gasteiger partial charge < -0.3 is 10.1 Å². The fourth-order valence-electron chi connectivity index (χ4n) is 1.70. The van der Waals surface area contributed by atoms with Crippen molar-refractivity contribution in [3.8, 4) is 5.75 Å². The van der Waals surface area contributed by atoms with Gasteiger partial charge in [-0.05, 0) is 30.7 Å². The number of hydrogen-bond donors (Lipinski definition) is 1. The molecule has 5 nitrogen and oxygen atoms in total. The predicted molar refractivity (Wildman–Crippen MR) is 80.8 cm³/mol. The topological polar surface area (TPSA) is 64.1 Å². The number of halogens is 2. The second-order valence-electron chi connectivity index (χ2n) is 4.13. The number of amides is 1. The Kier molecular flexibility index (Phi) is 5.36. The maximum Gasteiger partial charge on any atom is 0.254 e. The van der Waals surface area contributed by atoms with Gasteiger partial charge in [0.25, 0.3) is 5.91 Å². The SMILES string of the molecule is CCOc1cccc(CNC(=O)c2cc(Cl)nnc2Cl)c1. The van der Waals surface area contributed by atoms with Crippen molar-refractivity contribution in [1.82, 2.24) is 15.5 Å². The van der Waals surface area contributed by atoms with E-state index in [-0.39, 0.29) is 21.8 Å². The summed E-state index contributed by atoms with van der Waals surface area (Å²) >= 11 is 11.5. The second-order valence-corrected chi connectivity index (χ2v) is 4.88. The predicted octanol–water partition coefficient (Wildman–Crippen LogP) is 3.11. The van der Waals surface area contributed by atoms with Crippen LogP contribution in [0.2, 0.25) is 10.3 Å². The molecule has 110 valence electrons. The zero-order chi connectivity index (χ0) is 15.2. The van der Waals surface area contributed by atoms with Crippen molar-refractivity contribution in [3.05, 3.63) is 51.8 Å². The minimum absolute atomic E-state index is 0.0139. The molecular weight excluding hydrogens is 313 g/mol. The molecule has 0 saturated heterocycles. The molecule has 0 aliphatic rings. The molecule has 0 bridgehead atoms. The zero-order valence-electron chi connectivity index (χ0n) is 11.3. The third kappa shape index (κ3) is 4.31. The van der Waals surface area contributed by atoms with Crippen LogP contribution in [0.4, 0.5) is 0 Å². The van der Waals surface area contributed by atoms with Crippen LogP contribution in [0, 0.1) is 0 Å². The number of rotatable bonds is 5. The molecule has 0 unspecified atom stereocenters. The van der Waals surface area contributed by atoms with Crippen LogP contribution in [0.5, 0.6) is 5.75 Å². The first-order chi connectivity index (χ1) is 10.1. The Morgan fingerprint density at radius 1 is 1.29 bits per heavy atom. The molecule has 0 spiro atoms. The molecule has 2 rings (SSSR count). The second kappa shape index (κ2) is 7.24. The standard InChI is InChI=1S/C14H13Cl2N3O2/c1-2-21-10-5-3-4-9(6-10)8-17-14(20)11-7-12(15)18-19-13(11)16/h3-7H,2,8H2,1H3,(H,17,20). The lowest BCUT2D eigenvalue weighted by molar-refractivity contribution is 0.0950. The molecule has 21 heavy (non-hydrogen) atoms. The van der Waals surface area contributed by atoms with Gasteiger partial charge in [0.15, 0.2) is 10.3 Å². The van der Waals surface area contributed by atoms with E-state index in [4.69, 9.17) is 27.9 Å². The summed E-state index contributed by atoms with van der Waals surface area (Å²) in [6.45, 7) is 2.85. The van der Waals surface area contributed by atoms with Crippen LogP contribution in [0.3, 0.4) is 0 Å². The van der Waals surface area contributed by atoms with Gasteiger partial charge in [0.05, 0.1) is 12.2 Å². The lowest BCUT2D eigenvalue weighted by Crippen LogP contribution is -2.23. The molecule has 0 saturated carbocycles. The number of nitrogens with one attached hydrogen (secondary N) is 1. The molecule has 1 amide bonds. The van der Waals surface area contributed by atoms with Gasteiger partial charge >= 0.3 is 0 Å². The fourth-order valence-corrected chi connectivity index (χ4v) is 2.03. The first-order valence-corrected chi connectivity index (χ1v) is 7.04. The Balaban J connectivity index is 2.04. The third-order valence-corrected chi connectivity index (χ3v) is 3.09. The molecule has 1 aromatic carbocycles. The summed E-state index contributed by atoms with van der Waals surface area (Å²) in [5.41, 5.74) is 1.11. The number of benzene rings is 1. The highest BCUT2D eigenvalue weighted by Gasteiger charge is 2.12. The van der Waals surface area contributed by atoms with Gasteiger partial charge in [0.1, 0.15) is 5.75 Å². The highest BCUT2D eigenvalue weighted by atomic mass is 35.5. The number of aromatic nitrogens is 2. The minimum atomic E-state index is -0.362. The van der Waals surface area contributed by atoms with Crippen molar-refractivity contribution in [1.29, 1.82) is 0 Å². The van der Waals surface area contributed by atoms with Crippen LogP contribution in [0.1, 0.15) is 22.8 Å². The molecule has 7 heteroatoms. The summed E-state index contributed by atoms with van der Waals surface area (Å²) in [5, 5.41) is 10.0. The Morgan fingerprint density at radius 3 is 2.86 bits per heavy atom. The van der Waals surface area contributed by atoms with Crippen molar-refractivity contribution in [2.24, 2.45) is 0 Å². The number of carbonyl (C=O) groups is 1. The monoisotopic (exact) mass is 325 g/mol. The van der Waals surface area contributed by atoms with Crippen molar-refractivity contribution in [2.45, 2.75) is 13.5 Å². The summed E-state index contributed by atoms with van der Waals surface area (Å²) < 4.78 is 5.40. The van der Waals surface area contributed by atoms with Gasteiger partial charge in [-0.2, -0.15) is 0 Å². The maximum absolute atomic E-state index is 12.0. The van der Waals surface area contributed by atoms with Gasteiger partial charge in [-0.15, -0.1) is 10.2 Å². The maximum atomic E-state index is 12.0. The highest BCUT2D eigenvalue weighted by molar-refractivity contribution is 6.34. The van der Waals surface area contributed by atoms with E-state index in [1.54, 1.807) is 0 Å². The van der Waals surface area contributed by atoms with E-state index < -0.39 is 0 Å². The van der Waals surface area contributed by atoms with Crippen LogP contribution in [0.25, 0.3) is 0 Å². The van der Waals surface area contributed by atoms with E-state index in [1.165, 1.54) is 6.07 Å². The van der Waals surface area contributed by atoms with Crippen LogP contribution in [-0.2, 0) is 6.54 Å². The largest absolute Gasteiger partial charge is 0.494 e. The molecule has 1 heterocycles. The van der Waals surface area contributed by atoms with Gasteiger partial charge in [0, 0.05) is 6.54 Å². The minimum Gasteiger partial charge on any atom is -0.494 e. The van der Waals surface area contributed by atoms with Crippen LogP contribution in [-0.4, -0.2) is 22.7 Å². The molecule has 0 fully saturated rings. The van der Waals surface area contributed by atoms with E-state index in [1.807, 2.05) is 31.2 Å². The van der Waals surface area contributed by atoms with E-state index in [0.717, 1.165) is 11.3 Å². The highest BCUT2D eigenvalue weighted by Crippen LogP contribution is 2.16. The molecule has 2 aromatic rings. The van der Waals surface area contributed by atoms with Crippen LogP contribution in [0.15, 0.2) is 30.3 Å². The van der Waals surface area contributed by atoms with Crippen molar-refractivity contribution in [3.63, 3.8) is 0 Å². The van der Waals surface area contributed by atoms with Gasteiger partial charge in [-0.1, -0.05) is 35.3 Å². The van der Waals surface area contributed by atoms with Crippen molar-refractivity contribution in [2.75, 3.05) is 6.61 Å². The third-order valence-electron chi connectivity index (χ3n) is 2.63. The quantitative estimate of drug-likeness (QED) is 0.917. The number of carbonyl (C=O) groups excluding carboxylic acids is 1. The smallest absolute Gasteiger partial charge is 0.254 e. The Bertz CT molecular complexity index is 650. The van der Waals surface area contributed by atoms with Crippen molar-refractivity contribution < 1.29 is 9.53 Å². The van der Waals surface area contributed by atoms with E-state index >= 15 is 0 Å². The van der Waals surface area contributed by atoms with Crippen molar-refractivity contribution >= 4 is 29.1 Å². The van der Waals surface area contributed by atoms with Crippen LogP contribution < -0.4 is 10.1 Å². The lowest BCUT2D eigenvalue weighted by atomic mass is 10.2. The van der Waals surface area contributed by atoms with E-state index in [0.29, 0.717) is 13.2 Å². The molecule has 1 N–H and O–H groups in total. The molecule has 1 aromatic heterocycles. The molecule has 0 aliphatic heterocycles. The molecular formula is C14H13Cl2N3O2. The lowest BCUT2D eigenvalue weighted by Gasteiger charge is -2.08. The van der Waals surface area contributed by atoms with Crippen LogP contribution >= 0.6 is 23.2 Å². The fraction of sp³-hybridized carbons (Fsp3) is 0.214. The Hall–Kier alpha value is -1.85. The van der Waals surface area contributed by atoms with Gasteiger partial charge in [-0.25, -0.2) is 0 Å². The molecule has 0 atom stereocenters. The summed E-state index contributed by atoms with van der Waals surface area (Å²) in [7, 11) is 0. The summed E-state index contributed by atoms with van der Waals surface area (Å²) in [5.74, 6) is 0.398. The molecule has 0 radical (unpaired) electrons. The van der Waals surface area contributed by atoms with Gasteiger partial charge in [-0.3, -0.25) is 4.79 Å². The average molecular weight is 326 g/mol. The van der Waals surface area contributed by atoms with E-state index in [9.17, 15) is 4.79 Å². The number of ether oxygens (including phenoxy) is 1. The normalized spacial score (nSPS) is 10.2. The summed E-state index contributed by atoms with van der Waals surface area (Å²) in [6, 6.07) is 8.86.